The summed E-state index contributed by atoms with van der Waals surface area (Å²) in [5.41, 5.74) is -0.542. The predicted molar refractivity (Wildman–Crippen MR) is 87.3 cm³/mol. The number of likely N-dealkylation sites (N-methyl/N-ethyl adjacent to an activating group) is 1. The Bertz CT molecular complexity index is 322. The summed E-state index contributed by atoms with van der Waals surface area (Å²) >= 11 is 0. The van der Waals surface area contributed by atoms with Gasteiger partial charge in [0, 0.05) is 6.54 Å². The number of hydrogen-bond acceptors (Lipinski definition) is 4. The van der Waals surface area contributed by atoms with Gasteiger partial charge in [0.15, 0.2) is 0 Å². The van der Waals surface area contributed by atoms with Gasteiger partial charge in [-0.3, -0.25) is 4.79 Å². The van der Waals surface area contributed by atoms with Gasteiger partial charge >= 0.3 is 5.97 Å². The molecule has 1 N–H and O–H groups in total. The Labute approximate surface area is 130 Å². The normalized spacial score (nSPS) is 26.3. The zero-order valence-electron chi connectivity index (χ0n) is 14.6. The summed E-state index contributed by atoms with van der Waals surface area (Å²) in [5, 5.41) is 3.13. The molecular weight excluding hydrogens is 264 g/mol. The third-order valence-corrected chi connectivity index (χ3v) is 5.10. The molecule has 1 rings (SSSR count). The topological polar surface area (TPSA) is 41.6 Å². The maximum Gasteiger partial charge on any atom is 0.326 e. The Balaban J connectivity index is 2.27. The molecule has 3 atom stereocenters. The summed E-state index contributed by atoms with van der Waals surface area (Å²) in [6.45, 7) is 12.6. The maximum atomic E-state index is 12.0. The summed E-state index contributed by atoms with van der Waals surface area (Å²) in [4.78, 5) is 14.6. The number of nitrogens with zero attached hydrogens (tertiary/aromatic N) is 1. The van der Waals surface area contributed by atoms with E-state index in [1.807, 2.05) is 20.9 Å². The van der Waals surface area contributed by atoms with Gasteiger partial charge in [0.05, 0.1) is 6.61 Å². The van der Waals surface area contributed by atoms with Gasteiger partial charge in [-0.05, 0) is 71.5 Å². The number of rotatable bonds is 8. The first-order chi connectivity index (χ1) is 9.92. The zero-order chi connectivity index (χ0) is 15.9. The Morgan fingerprint density at radius 1 is 1.33 bits per heavy atom. The van der Waals surface area contributed by atoms with E-state index in [0.29, 0.717) is 6.61 Å². The Hall–Kier alpha value is -0.610. The van der Waals surface area contributed by atoms with Gasteiger partial charge in [-0.15, -0.1) is 0 Å². The van der Waals surface area contributed by atoms with Gasteiger partial charge in [-0.2, -0.15) is 0 Å². The van der Waals surface area contributed by atoms with Crippen molar-refractivity contribution in [1.82, 2.24) is 10.2 Å². The number of hydrogen-bond donors (Lipinski definition) is 1. The smallest absolute Gasteiger partial charge is 0.326 e. The van der Waals surface area contributed by atoms with Crippen molar-refractivity contribution < 1.29 is 9.53 Å². The standard InChI is InChI=1S/C17H34N2O2/c1-6-21-16(20)17(4,18-5)10-7-8-11-19-12-9-14(2)15(3)13-19/h14-15,18H,6-13H2,1-5H3. The van der Waals surface area contributed by atoms with Crippen molar-refractivity contribution in [2.75, 3.05) is 33.3 Å². The number of likely N-dealkylation sites (tertiary alicyclic amines) is 1. The molecule has 0 saturated carbocycles. The number of ether oxygens (including phenoxy) is 1. The van der Waals surface area contributed by atoms with E-state index in [-0.39, 0.29) is 5.97 Å². The molecule has 0 spiro atoms. The van der Waals surface area contributed by atoms with Crippen molar-refractivity contribution in [3.05, 3.63) is 0 Å². The summed E-state index contributed by atoms with van der Waals surface area (Å²) in [5.74, 6) is 1.53. The molecule has 1 heterocycles. The van der Waals surface area contributed by atoms with Crippen LogP contribution in [0.1, 0.15) is 53.4 Å². The molecule has 0 aromatic carbocycles. The molecule has 3 unspecified atom stereocenters. The van der Waals surface area contributed by atoms with Gasteiger partial charge in [-0.25, -0.2) is 0 Å². The first-order valence-electron chi connectivity index (χ1n) is 8.51. The fourth-order valence-corrected chi connectivity index (χ4v) is 2.99. The van der Waals surface area contributed by atoms with E-state index >= 15 is 0 Å². The minimum absolute atomic E-state index is 0.132. The summed E-state index contributed by atoms with van der Waals surface area (Å²) in [6.07, 6.45) is 4.36. The Morgan fingerprint density at radius 2 is 2.05 bits per heavy atom. The third-order valence-electron chi connectivity index (χ3n) is 5.10. The number of unbranched alkanes of at least 4 members (excludes halogenated alkanes) is 1. The van der Waals surface area contributed by atoms with Crippen LogP contribution in [0, 0.1) is 11.8 Å². The van der Waals surface area contributed by atoms with Crippen molar-refractivity contribution >= 4 is 5.97 Å². The lowest BCUT2D eigenvalue weighted by Gasteiger charge is -2.35. The monoisotopic (exact) mass is 298 g/mol. The molecule has 0 radical (unpaired) electrons. The lowest BCUT2D eigenvalue weighted by atomic mass is 9.88. The number of nitrogens with one attached hydrogen (secondary N) is 1. The van der Waals surface area contributed by atoms with Crippen LogP contribution >= 0.6 is 0 Å². The van der Waals surface area contributed by atoms with Gasteiger partial charge in [0.1, 0.15) is 5.54 Å². The van der Waals surface area contributed by atoms with E-state index in [2.05, 4.69) is 24.1 Å². The van der Waals surface area contributed by atoms with Crippen LogP contribution in [0.15, 0.2) is 0 Å². The lowest BCUT2D eigenvalue weighted by molar-refractivity contribution is -0.150. The fourth-order valence-electron chi connectivity index (χ4n) is 2.99. The van der Waals surface area contributed by atoms with Crippen LogP contribution < -0.4 is 5.32 Å². The SMILES string of the molecule is CCOC(=O)C(C)(CCCCN1CCC(C)C(C)C1)NC. The number of carbonyl (C=O) groups is 1. The van der Waals surface area contributed by atoms with E-state index in [1.54, 1.807) is 0 Å². The van der Waals surface area contributed by atoms with Crippen molar-refractivity contribution in [3.63, 3.8) is 0 Å². The number of piperidine rings is 1. The van der Waals surface area contributed by atoms with Crippen LogP contribution in [-0.4, -0.2) is 49.7 Å². The molecule has 1 saturated heterocycles. The summed E-state index contributed by atoms with van der Waals surface area (Å²) < 4.78 is 5.16. The second-order valence-electron chi connectivity index (χ2n) is 6.80. The van der Waals surface area contributed by atoms with Gasteiger partial charge in [-0.1, -0.05) is 13.8 Å². The highest BCUT2D eigenvalue weighted by atomic mass is 16.5. The van der Waals surface area contributed by atoms with Crippen LogP contribution in [-0.2, 0) is 9.53 Å². The highest BCUT2D eigenvalue weighted by Crippen LogP contribution is 2.23. The highest BCUT2D eigenvalue weighted by molar-refractivity contribution is 5.80. The molecule has 0 aromatic rings. The molecule has 1 aliphatic heterocycles. The van der Waals surface area contributed by atoms with Crippen LogP contribution in [0.4, 0.5) is 0 Å². The lowest BCUT2D eigenvalue weighted by Crippen LogP contribution is -2.48. The molecule has 4 heteroatoms. The first kappa shape index (κ1) is 18.4. The molecule has 1 aliphatic rings. The second kappa shape index (κ2) is 8.74. The van der Waals surface area contributed by atoms with E-state index in [1.165, 1.54) is 19.5 Å². The summed E-state index contributed by atoms with van der Waals surface area (Å²) in [7, 11) is 1.84. The Kier molecular flexibility index (Phi) is 7.67. The molecule has 0 bridgehead atoms. The highest BCUT2D eigenvalue weighted by Gasteiger charge is 2.32. The molecule has 124 valence electrons. The van der Waals surface area contributed by atoms with Crippen molar-refractivity contribution in [1.29, 1.82) is 0 Å². The largest absolute Gasteiger partial charge is 0.465 e. The fraction of sp³-hybridized carbons (Fsp3) is 0.941. The van der Waals surface area contributed by atoms with Crippen molar-refractivity contribution in [2.24, 2.45) is 11.8 Å². The maximum absolute atomic E-state index is 12.0. The van der Waals surface area contributed by atoms with Crippen LogP contribution in [0.25, 0.3) is 0 Å². The quantitative estimate of drug-likeness (QED) is 0.552. The second-order valence-corrected chi connectivity index (χ2v) is 6.80. The van der Waals surface area contributed by atoms with Gasteiger partial charge in [0.2, 0.25) is 0 Å². The summed E-state index contributed by atoms with van der Waals surface area (Å²) in [6, 6.07) is 0. The van der Waals surface area contributed by atoms with E-state index in [4.69, 9.17) is 4.74 Å². The van der Waals surface area contributed by atoms with Crippen LogP contribution in [0.2, 0.25) is 0 Å². The van der Waals surface area contributed by atoms with Crippen molar-refractivity contribution in [3.8, 4) is 0 Å². The molecule has 0 aromatic heterocycles. The number of carbonyl (C=O) groups excluding carboxylic acids is 1. The van der Waals surface area contributed by atoms with E-state index in [9.17, 15) is 4.79 Å². The number of esters is 1. The van der Waals surface area contributed by atoms with Crippen LogP contribution in [0.5, 0.6) is 0 Å². The van der Waals surface area contributed by atoms with Gasteiger partial charge in [0.25, 0.3) is 0 Å². The molecule has 1 fully saturated rings. The first-order valence-corrected chi connectivity index (χ1v) is 8.51. The zero-order valence-corrected chi connectivity index (χ0v) is 14.6. The third kappa shape index (κ3) is 5.59. The average Bonchev–Trinajstić information content (AvgIpc) is 2.47. The average molecular weight is 298 g/mol. The Morgan fingerprint density at radius 3 is 2.62 bits per heavy atom. The van der Waals surface area contributed by atoms with Crippen molar-refractivity contribution in [2.45, 2.75) is 58.9 Å². The molecule has 0 aliphatic carbocycles. The van der Waals surface area contributed by atoms with E-state index < -0.39 is 5.54 Å². The van der Waals surface area contributed by atoms with Crippen LogP contribution in [0.3, 0.4) is 0 Å². The molecular formula is C17H34N2O2. The molecule has 0 amide bonds. The molecule has 4 nitrogen and oxygen atoms in total. The van der Waals surface area contributed by atoms with Gasteiger partial charge < -0.3 is 15.0 Å². The minimum atomic E-state index is -0.542. The molecule has 21 heavy (non-hydrogen) atoms. The van der Waals surface area contributed by atoms with E-state index in [0.717, 1.165) is 37.6 Å². The minimum Gasteiger partial charge on any atom is -0.465 e. The predicted octanol–water partition coefficient (Wildman–Crippen LogP) is 2.68.